The summed E-state index contributed by atoms with van der Waals surface area (Å²) < 4.78 is 1.60. The number of hydrogen-bond donors (Lipinski definition) is 2. The average molecular weight is 381 g/mol. The van der Waals surface area contributed by atoms with Crippen molar-refractivity contribution in [2.24, 2.45) is 0 Å². The van der Waals surface area contributed by atoms with Crippen LogP contribution in [0.2, 0.25) is 5.02 Å². The average Bonchev–Trinajstić information content (AvgIpc) is 3.00. The molecule has 0 bridgehead atoms. The van der Waals surface area contributed by atoms with Crippen LogP contribution in [0.3, 0.4) is 0 Å². The summed E-state index contributed by atoms with van der Waals surface area (Å²) in [6.07, 6.45) is 0.0295. The number of anilines is 2. The third-order valence-corrected chi connectivity index (χ3v) is 4.79. The van der Waals surface area contributed by atoms with Crippen molar-refractivity contribution in [3.63, 3.8) is 0 Å². The van der Waals surface area contributed by atoms with Gasteiger partial charge in [-0.25, -0.2) is 4.68 Å². The van der Waals surface area contributed by atoms with E-state index < -0.39 is 6.04 Å². The van der Waals surface area contributed by atoms with Crippen molar-refractivity contribution in [1.29, 1.82) is 0 Å². The van der Waals surface area contributed by atoms with Gasteiger partial charge in [0, 0.05) is 21.8 Å². The number of amides is 2. The molecule has 1 aliphatic rings. The molecule has 2 heterocycles. The Kier molecular flexibility index (Phi) is 4.41. The first kappa shape index (κ1) is 17.3. The van der Waals surface area contributed by atoms with Gasteiger partial charge in [-0.15, -0.1) is 0 Å². The van der Waals surface area contributed by atoms with E-state index >= 15 is 0 Å². The Morgan fingerprint density at radius 3 is 2.59 bits per heavy atom. The minimum Gasteiger partial charge on any atom is -0.324 e. The first-order valence-corrected chi connectivity index (χ1v) is 8.91. The molecule has 3 aromatic rings. The van der Waals surface area contributed by atoms with Crippen LogP contribution in [0, 0.1) is 6.92 Å². The Hall–Kier alpha value is -3.12. The fourth-order valence-corrected chi connectivity index (χ4v) is 3.30. The number of benzene rings is 2. The summed E-state index contributed by atoms with van der Waals surface area (Å²) in [6, 6.07) is 15.8. The van der Waals surface area contributed by atoms with Crippen LogP contribution < -0.4 is 10.6 Å². The van der Waals surface area contributed by atoms with E-state index in [2.05, 4.69) is 15.7 Å². The highest BCUT2D eigenvalue weighted by atomic mass is 35.5. The van der Waals surface area contributed by atoms with Gasteiger partial charge in [0.1, 0.15) is 11.9 Å². The number of fused-ring (bicyclic) bond motifs is 1. The van der Waals surface area contributed by atoms with Crippen LogP contribution in [0.25, 0.3) is 11.3 Å². The number of carbonyl (C=O) groups excluding carboxylic acids is 2. The zero-order chi connectivity index (χ0) is 19.0. The van der Waals surface area contributed by atoms with Crippen molar-refractivity contribution in [3.05, 3.63) is 65.2 Å². The lowest BCUT2D eigenvalue weighted by Crippen LogP contribution is -2.35. The lowest BCUT2D eigenvalue weighted by atomic mass is 10.1. The van der Waals surface area contributed by atoms with Crippen LogP contribution in [0.1, 0.15) is 18.0 Å². The maximum Gasteiger partial charge on any atom is 0.249 e. The minimum atomic E-state index is -0.722. The van der Waals surface area contributed by atoms with E-state index in [0.29, 0.717) is 16.5 Å². The number of hydrogen-bond acceptors (Lipinski definition) is 3. The Balaban J connectivity index is 1.69. The summed E-state index contributed by atoms with van der Waals surface area (Å²) in [7, 11) is 0. The third-order valence-electron chi connectivity index (χ3n) is 4.54. The molecule has 2 amide bonds. The largest absolute Gasteiger partial charge is 0.324 e. The minimum absolute atomic E-state index is 0.0295. The lowest BCUT2D eigenvalue weighted by Gasteiger charge is -2.24. The van der Waals surface area contributed by atoms with E-state index in [1.807, 2.05) is 37.3 Å². The molecule has 0 saturated heterocycles. The molecule has 4 rings (SSSR count). The molecule has 1 aliphatic heterocycles. The molecule has 0 fully saturated rings. The molecule has 136 valence electrons. The fourth-order valence-electron chi connectivity index (χ4n) is 3.17. The number of nitrogens with one attached hydrogen (secondary N) is 2. The molecule has 0 spiro atoms. The smallest absolute Gasteiger partial charge is 0.249 e. The summed E-state index contributed by atoms with van der Waals surface area (Å²) in [5, 5.41) is 10.9. The second kappa shape index (κ2) is 6.89. The number of aromatic nitrogens is 2. The number of rotatable bonds is 3. The topological polar surface area (TPSA) is 76.0 Å². The molecule has 1 aromatic heterocycles. The van der Waals surface area contributed by atoms with Gasteiger partial charge in [-0.3, -0.25) is 9.59 Å². The van der Waals surface area contributed by atoms with Gasteiger partial charge in [0.25, 0.3) is 0 Å². The van der Waals surface area contributed by atoms with Crippen LogP contribution in [-0.2, 0) is 9.59 Å². The van der Waals surface area contributed by atoms with E-state index in [-0.39, 0.29) is 18.2 Å². The molecular formula is C20H17ClN4O2. The molecule has 1 atom stereocenters. The lowest BCUT2D eigenvalue weighted by molar-refractivity contribution is -0.125. The molecule has 1 unspecified atom stereocenters. The van der Waals surface area contributed by atoms with Gasteiger partial charge >= 0.3 is 0 Å². The molecule has 0 radical (unpaired) electrons. The number of halogens is 1. The van der Waals surface area contributed by atoms with Crippen molar-refractivity contribution in [1.82, 2.24) is 9.78 Å². The standard InChI is InChI=1S/C20H17ClN4O2/c1-12-18(13-5-3-2-4-6-13)24-25-16(11-17(26)23-19(12)25)20(27)22-15-9-7-14(21)8-10-15/h2-10,16H,11H2,1H3,(H,22,27)(H,23,26). The highest BCUT2D eigenvalue weighted by Crippen LogP contribution is 2.34. The SMILES string of the molecule is Cc1c(-c2ccccc2)nn2c1NC(=O)CC2C(=O)Nc1ccc(Cl)cc1. The normalized spacial score (nSPS) is 15.8. The summed E-state index contributed by atoms with van der Waals surface area (Å²) in [5.74, 6) is 0.0539. The van der Waals surface area contributed by atoms with Gasteiger partial charge in [0.2, 0.25) is 11.8 Å². The van der Waals surface area contributed by atoms with Gasteiger partial charge in [0.15, 0.2) is 0 Å². The van der Waals surface area contributed by atoms with Crippen molar-refractivity contribution in [3.8, 4) is 11.3 Å². The van der Waals surface area contributed by atoms with E-state index in [1.165, 1.54) is 0 Å². The van der Waals surface area contributed by atoms with Crippen LogP contribution in [0.15, 0.2) is 54.6 Å². The Morgan fingerprint density at radius 2 is 1.89 bits per heavy atom. The van der Waals surface area contributed by atoms with Gasteiger partial charge in [-0.05, 0) is 31.2 Å². The molecule has 0 aliphatic carbocycles. The Morgan fingerprint density at radius 1 is 1.19 bits per heavy atom. The summed E-state index contributed by atoms with van der Waals surface area (Å²) in [5.41, 5.74) is 3.13. The highest BCUT2D eigenvalue weighted by Gasteiger charge is 2.34. The van der Waals surface area contributed by atoms with E-state index in [1.54, 1.807) is 28.9 Å². The summed E-state index contributed by atoms with van der Waals surface area (Å²) in [4.78, 5) is 25.0. The van der Waals surface area contributed by atoms with Crippen molar-refractivity contribution < 1.29 is 9.59 Å². The van der Waals surface area contributed by atoms with Crippen LogP contribution in [0.5, 0.6) is 0 Å². The maximum absolute atomic E-state index is 12.8. The maximum atomic E-state index is 12.8. The van der Waals surface area contributed by atoms with E-state index in [0.717, 1.165) is 16.8 Å². The molecule has 7 heteroatoms. The van der Waals surface area contributed by atoms with Crippen LogP contribution in [0.4, 0.5) is 11.5 Å². The quantitative estimate of drug-likeness (QED) is 0.720. The monoisotopic (exact) mass is 380 g/mol. The number of carbonyl (C=O) groups is 2. The Bertz CT molecular complexity index is 1010. The van der Waals surface area contributed by atoms with Crippen molar-refractivity contribution >= 4 is 34.9 Å². The Labute approximate surface area is 161 Å². The predicted octanol–water partition coefficient (Wildman–Crippen LogP) is 4.03. The molecule has 2 aromatic carbocycles. The van der Waals surface area contributed by atoms with Crippen molar-refractivity contribution in [2.75, 3.05) is 10.6 Å². The van der Waals surface area contributed by atoms with E-state index in [9.17, 15) is 9.59 Å². The van der Waals surface area contributed by atoms with Crippen LogP contribution in [-0.4, -0.2) is 21.6 Å². The van der Waals surface area contributed by atoms with Gasteiger partial charge in [0.05, 0.1) is 12.1 Å². The summed E-state index contributed by atoms with van der Waals surface area (Å²) in [6.45, 7) is 1.89. The zero-order valence-electron chi connectivity index (χ0n) is 14.6. The summed E-state index contributed by atoms with van der Waals surface area (Å²) >= 11 is 5.88. The fraction of sp³-hybridized carbons (Fsp3) is 0.150. The third kappa shape index (κ3) is 3.31. The first-order valence-electron chi connectivity index (χ1n) is 8.54. The van der Waals surface area contributed by atoms with Crippen molar-refractivity contribution in [2.45, 2.75) is 19.4 Å². The molecular weight excluding hydrogens is 364 g/mol. The second-order valence-corrected chi connectivity index (χ2v) is 6.83. The van der Waals surface area contributed by atoms with Gasteiger partial charge in [-0.1, -0.05) is 41.9 Å². The predicted molar refractivity (Wildman–Crippen MR) is 105 cm³/mol. The molecule has 2 N–H and O–H groups in total. The van der Waals surface area contributed by atoms with Crippen LogP contribution >= 0.6 is 11.6 Å². The zero-order valence-corrected chi connectivity index (χ0v) is 15.3. The second-order valence-electron chi connectivity index (χ2n) is 6.40. The van der Waals surface area contributed by atoms with Gasteiger partial charge in [-0.2, -0.15) is 5.10 Å². The van der Waals surface area contributed by atoms with E-state index in [4.69, 9.17) is 11.6 Å². The molecule has 27 heavy (non-hydrogen) atoms. The first-order chi connectivity index (χ1) is 13.0. The highest BCUT2D eigenvalue weighted by molar-refractivity contribution is 6.30. The number of nitrogens with zero attached hydrogens (tertiary/aromatic N) is 2. The van der Waals surface area contributed by atoms with Gasteiger partial charge < -0.3 is 10.6 Å². The molecule has 6 nitrogen and oxygen atoms in total. The molecule has 0 saturated carbocycles.